The molecule has 1 aromatic carbocycles. The van der Waals surface area contributed by atoms with Gasteiger partial charge in [0.15, 0.2) is 17.2 Å². The largest absolute Gasteiger partial charge is 0.486 e. The Morgan fingerprint density at radius 1 is 1.07 bits per heavy atom. The summed E-state index contributed by atoms with van der Waals surface area (Å²) in [4.78, 5) is 26.5. The minimum Gasteiger partial charge on any atom is -0.486 e. The molecule has 4 bridgehead atoms. The van der Waals surface area contributed by atoms with Crippen molar-refractivity contribution in [2.45, 2.75) is 51.7 Å². The van der Waals surface area contributed by atoms with Gasteiger partial charge in [-0.05, 0) is 81.0 Å². The maximum atomic E-state index is 13.1. The summed E-state index contributed by atoms with van der Waals surface area (Å²) < 4.78 is 11.1. The van der Waals surface area contributed by atoms with Gasteiger partial charge in [0.25, 0.3) is 5.91 Å². The van der Waals surface area contributed by atoms with Crippen molar-refractivity contribution in [3.8, 4) is 5.75 Å². The summed E-state index contributed by atoms with van der Waals surface area (Å²) >= 11 is 0. The van der Waals surface area contributed by atoms with Gasteiger partial charge in [0.05, 0.1) is 0 Å². The van der Waals surface area contributed by atoms with Crippen molar-refractivity contribution in [3.63, 3.8) is 0 Å². The van der Waals surface area contributed by atoms with E-state index in [4.69, 9.17) is 9.26 Å². The molecule has 1 aromatic heterocycles. The molecule has 4 atom stereocenters. The minimum absolute atomic E-state index is 0.0102. The monoisotopic (exact) mass is 394 g/mol. The number of ketones is 1. The number of hydrogen-bond donors (Lipinski definition) is 0. The van der Waals surface area contributed by atoms with E-state index < -0.39 is 0 Å². The molecule has 1 amide bonds. The molecule has 2 aliphatic carbocycles. The van der Waals surface area contributed by atoms with Crippen molar-refractivity contribution in [3.05, 3.63) is 47.3 Å². The summed E-state index contributed by atoms with van der Waals surface area (Å²) in [5.74, 6) is 3.40. The third kappa shape index (κ3) is 3.68. The van der Waals surface area contributed by atoms with Crippen molar-refractivity contribution >= 4 is 11.7 Å². The highest BCUT2D eigenvalue weighted by Gasteiger charge is 2.44. The standard InChI is InChI=1S/C23H26N2O4/c1-14(26)18-2-4-20(5-3-18)28-13-21-11-22(24-29-21)23(27)25-12-17-7-15-6-16(8-17)10-19(25)9-15/h2-5,11,15-17,19H,6-10,12-13H2,1H3/t15-,16+,17?,19?. The number of aromatic nitrogens is 1. The number of hydrogen-bond acceptors (Lipinski definition) is 5. The van der Waals surface area contributed by atoms with E-state index in [1.807, 2.05) is 0 Å². The third-order valence-corrected chi connectivity index (χ3v) is 6.79. The van der Waals surface area contributed by atoms with Crippen LogP contribution < -0.4 is 4.74 Å². The number of fused-ring (bicyclic) bond motifs is 1. The molecule has 0 spiro atoms. The van der Waals surface area contributed by atoms with E-state index in [1.54, 1.807) is 30.3 Å². The van der Waals surface area contributed by atoms with Crippen LogP contribution in [-0.4, -0.2) is 34.3 Å². The second-order valence-corrected chi connectivity index (χ2v) is 8.94. The number of rotatable bonds is 5. The summed E-state index contributed by atoms with van der Waals surface area (Å²) in [6.07, 6.45) is 6.19. The van der Waals surface area contributed by atoms with Gasteiger partial charge in [-0.2, -0.15) is 0 Å². The van der Waals surface area contributed by atoms with Crippen molar-refractivity contribution in [2.75, 3.05) is 6.54 Å². The molecule has 6 heteroatoms. The minimum atomic E-state index is -0.0102. The molecule has 0 N–H and O–H groups in total. The predicted octanol–water partition coefficient (Wildman–Crippen LogP) is 4.11. The van der Waals surface area contributed by atoms with Crippen LogP contribution in [0.15, 0.2) is 34.9 Å². The van der Waals surface area contributed by atoms with Crippen molar-refractivity contribution in [1.29, 1.82) is 0 Å². The van der Waals surface area contributed by atoms with Gasteiger partial charge in [0.2, 0.25) is 0 Å². The Labute approximate surface area is 170 Å². The fraction of sp³-hybridized carbons (Fsp3) is 0.522. The molecule has 4 aliphatic rings. The smallest absolute Gasteiger partial charge is 0.276 e. The van der Waals surface area contributed by atoms with Crippen LogP contribution in [0.25, 0.3) is 0 Å². The van der Waals surface area contributed by atoms with Crippen LogP contribution in [0.4, 0.5) is 0 Å². The second-order valence-electron chi connectivity index (χ2n) is 8.94. The first-order valence-corrected chi connectivity index (χ1v) is 10.6. The Morgan fingerprint density at radius 2 is 1.76 bits per heavy atom. The number of benzene rings is 1. The zero-order chi connectivity index (χ0) is 20.0. The summed E-state index contributed by atoms with van der Waals surface area (Å²) in [6, 6.07) is 9.02. The molecule has 2 aliphatic heterocycles. The molecule has 2 saturated carbocycles. The Kier molecular flexibility index (Phi) is 4.64. The molecule has 4 fully saturated rings. The summed E-state index contributed by atoms with van der Waals surface area (Å²) in [6.45, 7) is 2.58. The molecular weight excluding hydrogens is 368 g/mol. The molecule has 6 nitrogen and oxygen atoms in total. The highest BCUT2D eigenvalue weighted by Crippen LogP contribution is 2.47. The van der Waals surface area contributed by atoms with E-state index in [1.165, 1.54) is 26.2 Å². The van der Waals surface area contributed by atoms with E-state index in [0.29, 0.717) is 34.7 Å². The zero-order valence-electron chi connectivity index (χ0n) is 16.7. The van der Waals surface area contributed by atoms with Gasteiger partial charge in [-0.1, -0.05) is 5.16 Å². The number of nitrogens with zero attached hydrogens (tertiary/aromatic N) is 2. The summed E-state index contributed by atoms with van der Waals surface area (Å²) in [5.41, 5.74) is 1.02. The van der Waals surface area contributed by atoms with E-state index in [2.05, 4.69) is 10.1 Å². The molecule has 2 unspecified atom stereocenters. The van der Waals surface area contributed by atoms with E-state index >= 15 is 0 Å². The maximum Gasteiger partial charge on any atom is 0.276 e. The third-order valence-electron chi connectivity index (χ3n) is 6.79. The van der Waals surface area contributed by atoms with E-state index in [0.717, 1.165) is 31.2 Å². The van der Waals surface area contributed by atoms with E-state index in [9.17, 15) is 9.59 Å². The molecule has 152 valence electrons. The number of ether oxygens (including phenoxy) is 1. The number of Topliss-reactive ketones (excluding diaryl/α,β-unsaturated/α-hetero) is 1. The van der Waals surface area contributed by atoms with Crippen molar-refractivity contribution in [1.82, 2.24) is 10.1 Å². The van der Waals surface area contributed by atoms with Crippen molar-refractivity contribution in [2.24, 2.45) is 17.8 Å². The molecule has 2 aromatic rings. The van der Waals surface area contributed by atoms with E-state index in [-0.39, 0.29) is 18.3 Å². The van der Waals surface area contributed by atoms with Crippen LogP contribution in [-0.2, 0) is 6.61 Å². The highest BCUT2D eigenvalue weighted by molar-refractivity contribution is 5.94. The van der Waals surface area contributed by atoms with Gasteiger partial charge in [-0.3, -0.25) is 9.59 Å². The topological polar surface area (TPSA) is 72.6 Å². The first kappa shape index (κ1) is 18.4. The first-order valence-electron chi connectivity index (χ1n) is 10.6. The lowest BCUT2D eigenvalue weighted by atomic mass is 9.68. The van der Waals surface area contributed by atoms with Gasteiger partial charge in [0.1, 0.15) is 12.4 Å². The number of carbonyl (C=O) groups excluding carboxylic acids is 2. The lowest BCUT2D eigenvalue weighted by Gasteiger charge is -2.38. The zero-order valence-corrected chi connectivity index (χ0v) is 16.7. The number of carbonyl (C=O) groups is 2. The molecule has 29 heavy (non-hydrogen) atoms. The quantitative estimate of drug-likeness (QED) is 0.714. The average molecular weight is 394 g/mol. The highest BCUT2D eigenvalue weighted by atomic mass is 16.5. The lowest BCUT2D eigenvalue weighted by molar-refractivity contribution is 0.0622. The lowest BCUT2D eigenvalue weighted by Crippen LogP contribution is -2.42. The predicted molar refractivity (Wildman–Crippen MR) is 106 cm³/mol. The molecular formula is C23H26N2O4. The molecule has 3 heterocycles. The Morgan fingerprint density at radius 3 is 2.45 bits per heavy atom. The van der Waals surface area contributed by atoms with Crippen LogP contribution in [0.3, 0.4) is 0 Å². The SMILES string of the molecule is CC(=O)c1ccc(OCc2cc(C(=O)N3CC4C[C@@H]5CC3C[C@H](C4)C5)no2)cc1. The van der Waals surface area contributed by atoms with Crippen LogP contribution in [0.2, 0.25) is 0 Å². The molecule has 0 radical (unpaired) electrons. The fourth-order valence-electron chi connectivity index (χ4n) is 5.60. The summed E-state index contributed by atoms with van der Waals surface area (Å²) in [5, 5.41) is 4.03. The van der Waals surface area contributed by atoms with Crippen LogP contribution in [0.5, 0.6) is 5.75 Å². The van der Waals surface area contributed by atoms with Crippen LogP contribution in [0.1, 0.15) is 65.6 Å². The Bertz CT molecular complexity index is 905. The Hall–Kier alpha value is -2.63. The fourth-order valence-corrected chi connectivity index (χ4v) is 5.60. The van der Waals surface area contributed by atoms with Gasteiger partial charge >= 0.3 is 0 Å². The maximum absolute atomic E-state index is 13.1. The molecule has 2 saturated heterocycles. The average Bonchev–Trinajstić information content (AvgIpc) is 3.10. The second kappa shape index (κ2) is 7.32. The van der Waals surface area contributed by atoms with Crippen molar-refractivity contribution < 1.29 is 18.8 Å². The molecule has 6 rings (SSSR count). The summed E-state index contributed by atoms with van der Waals surface area (Å²) in [7, 11) is 0. The van der Waals surface area contributed by atoms with Gasteiger partial charge in [-0.25, -0.2) is 0 Å². The van der Waals surface area contributed by atoms with Crippen LogP contribution in [0, 0.1) is 17.8 Å². The van der Waals surface area contributed by atoms with Crippen LogP contribution >= 0.6 is 0 Å². The normalized spacial score (nSPS) is 27.7. The Balaban J connectivity index is 1.24. The van der Waals surface area contributed by atoms with Gasteiger partial charge in [0, 0.05) is 24.2 Å². The number of amides is 1. The van der Waals surface area contributed by atoms with Gasteiger partial charge < -0.3 is 14.2 Å². The van der Waals surface area contributed by atoms with Gasteiger partial charge in [-0.15, -0.1) is 0 Å². The first-order chi connectivity index (χ1) is 14.0.